The highest BCUT2D eigenvalue weighted by molar-refractivity contribution is 5.88. The van der Waals surface area contributed by atoms with E-state index < -0.39 is 12.0 Å². The van der Waals surface area contributed by atoms with Crippen molar-refractivity contribution in [1.82, 2.24) is 0 Å². The fourth-order valence-electron chi connectivity index (χ4n) is 5.01. The molecule has 2 fully saturated rings. The Balaban J connectivity index is 1.71. The molecule has 3 aliphatic rings. The Morgan fingerprint density at radius 2 is 2.16 bits per heavy atom. The average molecular weight is 344 g/mol. The highest BCUT2D eigenvalue weighted by Gasteiger charge is 2.66. The Labute approximate surface area is 147 Å². The normalized spacial score (nSPS) is 36.5. The van der Waals surface area contributed by atoms with Crippen molar-refractivity contribution in [2.75, 3.05) is 0 Å². The van der Waals surface area contributed by atoms with Gasteiger partial charge in [0.1, 0.15) is 23.9 Å². The van der Waals surface area contributed by atoms with Crippen molar-refractivity contribution >= 4 is 11.9 Å². The van der Waals surface area contributed by atoms with Crippen LogP contribution < -0.4 is 0 Å². The molecule has 1 aromatic rings. The number of fused-ring (bicyclic) bond motifs is 2. The molecule has 0 amide bonds. The van der Waals surface area contributed by atoms with Gasteiger partial charge in [0.25, 0.3) is 0 Å². The van der Waals surface area contributed by atoms with E-state index in [4.69, 9.17) is 13.9 Å². The van der Waals surface area contributed by atoms with Gasteiger partial charge in [-0.15, -0.1) is 0 Å². The molecule has 0 unspecified atom stereocenters. The summed E-state index contributed by atoms with van der Waals surface area (Å²) in [5, 5.41) is 0. The molecular formula is C20H24O5. The van der Waals surface area contributed by atoms with E-state index in [0.29, 0.717) is 17.9 Å². The molecule has 0 spiro atoms. The van der Waals surface area contributed by atoms with Gasteiger partial charge in [0.2, 0.25) is 0 Å². The number of aryl methyl sites for hydroxylation is 1. The first kappa shape index (κ1) is 16.4. The van der Waals surface area contributed by atoms with E-state index >= 15 is 0 Å². The molecule has 0 bridgehead atoms. The molecule has 5 atom stereocenters. The number of ether oxygens (including phenoxy) is 2. The number of carbonyl (C=O) groups excluding carboxylic acids is 2. The lowest BCUT2D eigenvalue weighted by Crippen LogP contribution is -2.51. The minimum atomic E-state index is -0.421. The van der Waals surface area contributed by atoms with Crippen molar-refractivity contribution in [2.45, 2.75) is 59.2 Å². The van der Waals surface area contributed by atoms with Gasteiger partial charge in [0.15, 0.2) is 0 Å². The predicted molar refractivity (Wildman–Crippen MR) is 89.6 cm³/mol. The molecule has 0 aromatic carbocycles. The third kappa shape index (κ3) is 2.14. The van der Waals surface area contributed by atoms with Crippen LogP contribution in [0.4, 0.5) is 0 Å². The summed E-state index contributed by atoms with van der Waals surface area (Å²) in [4.78, 5) is 25.0. The van der Waals surface area contributed by atoms with Crippen LogP contribution in [0.25, 0.3) is 0 Å². The Morgan fingerprint density at radius 1 is 1.40 bits per heavy atom. The van der Waals surface area contributed by atoms with E-state index in [0.717, 1.165) is 29.7 Å². The third-order valence-corrected chi connectivity index (χ3v) is 6.58. The zero-order valence-electron chi connectivity index (χ0n) is 15.1. The van der Waals surface area contributed by atoms with Gasteiger partial charge >= 0.3 is 11.9 Å². The summed E-state index contributed by atoms with van der Waals surface area (Å²) >= 11 is 0. The minimum absolute atomic E-state index is 0.249. The minimum Gasteiger partial charge on any atom is -0.469 e. The molecule has 0 N–H and O–H groups in total. The van der Waals surface area contributed by atoms with Crippen LogP contribution in [0.3, 0.4) is 0 Å². The SMILES string of the molecule is CC=C(C)C(=O)O[C@H]1CC[C@@H]2Cc3occ(C)c3[C@@H]3OC(=O)[C@H]1[C@]23C. The van der Waals surface area contributed by atoms with Crippen molar-refractivity contribution in [1.29, 1.82) is 0 Å². The number of furan rings is 1. The molecule has 25 heavy (non-hydrogen) atoms. The van der Waals surface area contributed by atoms with Gasteiger partial charge < -0.3 is 13.9 Å². The summed E-state index contributed by atoms with van der Waals surface area (Å²) in [5.74, 6) is 0.235. The van der Waals surface area contributed by atoms with Gasteiger partial charge in [0.05, 0.1) is 6.26 Å². The summed E-state index contributed by atoms with van der Waals surface area (Å²) in [7, 11) is 0. The maximum absolute atomic E-state index is 12.8. The highest BCUT2D eigenvalue weighted by atomic mass is 16.6. The maximum atomic E-state index is 12.8. The average Bonchev–Trinajstić information content (AvgIpc) is 3.07. The molecule has 4 rings (SSSR count). The molecule has 2 aliphatic carbocycles. The zero-order chi connectivity index (χ0) is 17.9. The maximum Gasteiger partial charge on any atom is 0.333 e. The van der Waals surface area contributed by atoms with Crippen molar-refractivity contribution < 1.29 is 23.5 Å². The van der Waals surface area contributed by atoms with Gasteiger partial charge in [-0.3, -0.25) is 4.79 Å². The second-order valence-electron chi connectivity index (χ2n) is 7.81. The number of allylic oxidation sites excluding steroid dienone is 1. The quantitative estimate of drug-likeness (QED) is 0.605. The van der Waals surface area contributed by atoms with Crippen LogP contribution >= 0.6 is 0 Å². The summed E-state index contributed by atoms with van der Waals surface area (Å²) in [6, 6.07) is 0. The predicted octanol–water partition coefficient (Wildman–Crippen LogP) is 3.65. The number of hydrogen-bond acceptors (Lipinski definition) is 5. The molecule has 1 aromatic heterocycles. The number of esters is 2. The van der Waals surface area contributed by atoms with Crippen molar-refractivity contribution in [3.05, 3.63) is 34.8 Å². The first-order valence-electron chi connectivity index (χ1n) is 8.99. The van der Waals surface area contributed by atoms with E-state index in [1.807, 2.05) is 6.92 Å². The lowest BCUT2D eigenvalue weighted by molar-refractivity contribution is -0.159. The summed E-state index contributed by atoms with van der Waals surface area (Å²) in [5.41, 5.74) is 2.25. The molecule has 5 heteroatoms. The fraction of sp³-hybridized carbons (Fsp3) is 0.600. The largest absolute Gasteiger partial charge is 0.469 e. The van der Waals surface area contributed by atoms with Crippen molar-refractivity contribution in [3.8, 4) is 0 Å². The molecule has 0 radical (unpaired) electrons. The van der Waals surface area contributed by atoms with Crippen LogP contribution in [0.1, 0.15) is 56.6 Å². The first-order valence-corrected chi connectivity index (χ1v) is 8.99. The van der Waals surface area contributed by atoms with E-state index in [1.54, 1.807) is 26.2 Å². The number of rotatable bonds is 2. The summed E-state index contributed by atoms with van der Waals surface area (Å²) in [6.45, 7) is 7.64. The number of hydrogen-bond donors (Lipinski definition) is 0. The first-order chi connectivity index (χ1) is 11.9. The van der Waals surface area contributed by atoms with Crippen molar-refractivity contribution in [2.24, 2.45) is 17.3 Å². The Bertz CT molecular complexity index is 773. The molecule has 1 saturated carbocycles. The lowest BCUT2D eigenvalue weighted by atomic mass is 9.54. The second kappa shape index (κ2) is 5.48. The van der Waals surface area contributed by atoms with Gasteiger partial charge in [0, 0.05) is 23.0 Å². The topological polar surface area (TPSA) is 65.7 Å². The van der Waals surface area contributed by atoms with E-state index in [9.17, 15) is 9.59 Å². The molecule has 1 aliphatic heterocycles. The molecule has 5 nitrogen and oxygen atoms in total. The molecule has 1 saturated heterocycles. The Kier molecular flexibility index (Phi) is 3.60. The summed E-state index contributed by atoms with van der Waals surface area (Å²) in [6.07, 6.45) is 5.15. The van der Waals surface area contributed by atoms with Crippen LogP contribution in [0.5, 0.6) is 0 Å². The van der Waals surface area contributed by atoms with E-state index in [-0.39, 0.29) is 23.5 Å². The van der Waals surface area contributed by atoms with Gasteiger partial charge in [-0.2, -0.15) is 0 Å². The van der Waals surface area contributed by atoms with Crippen LogP contribution in [-0.4, -0.2) is 18.0 Å². The Hall–Kier alpha value is -2.04. The molecule has 134 valence electrons. The highest BCUT2D eigenvalue weighted by Crippen LogP contribution is 2.63. The zero-order valence-corrected chi connectivity index (χ0v) is 15.1. The van der Waals surface area contributed by atoms with Gasteiger partial charge in [-0.25, -0.2) is 4.79 Å². The van der Waals surface area contributed by atoms with E-state index in [2.05, 4.69) is 6.92 Å². The van der Waals surface area contributed by atoms with Gasteiger partial charge in [-0.1, -0.05) is 13.0 Å². The van der Waals surface area contributed by atoms with E-state index in [1.165, 1.54) is 0 Å². The molecule has 2 heterocycles. The second-order valence-corrected chi connectivity index (χ2v) is 7.81. The van der Waals surface area contributed by atoms with Crippen molar-refractivity contribution in [3.63, 3.8) is 0 Å². The number of carbonyl (C=O) groups is 2. The molecular weight excluding hydrogens is 320 g/mol. The Morgan fingerprint density at radius 3 is 2.88 bits per heavy atom. The van der Waals surface area contributed by atoms with Crippen LogP contribution in [-0.2, 0) is 25.5 Å². The monoisotopic (exact) mass is 344 g/mol. The summed E-state index contributed by atoms with van der Waals surface area (Å²) < 4.78 is 17.3. The standard InChI is InChI=1S/C20H24O5/c1-5-10(2)18(21)24-13-7-6-12-8-14-15(11(3)9-23-14)17-20(12,4)16(13)19(22)25-17/h5,9,12-13,16-17H,6-8H2,1-4H3/t12-,13+,16+,17+,20+/m1/s1. The smallest absolute Gasteiger partial charge is 0.333 e. The van der Waals surface area contributed by atoms with Crippen LogP contribution in [0.15, 0.2) is 22.3 Å². The lowest BCUT2D eigenvalue weighted by Gasteiger charge is -2.48. The fourth-order valence-corrected chi connectivity index (χ4v) is 5.01. The van der Waals surface area contributed by atoms with Crippen LogP contribution in [0, 0.1) is 24.2 Å². The van der Waals surface area contributed by atoms with Gasteiger partial charge in [-0.05, 0) is 45.1 Å². The van der Waals surface area contributed by atoms with Crippen LogP contribution in [0.2, 0.25) is 0 Å². The third-order valence-electron chi connectivity index (χ3n) is 6.58.